The summed E-state index contributed by atoms with van der Waals surface area (Å²) in [7, 11) is 0. The van der Waals surface area contributed by atoms with E-state index in [1.165, 1.54) is 12.1 Å². The van der Waals surface area contributed by atoms with E-state index in [2.05, 4.69) is 10.2 Å². The zero-order chi connectivity index (χ0) is 15.7. The Hall–Kier alpha value is -1.85. The van der Waals surface area contributed by atoms with Gasteiger partial charge in [-0.2, -0.15) is 5.10 Å². The highest BCUT2D eigenvalue weighted by Crippen LogP contribution is 2.35. The molecule has 114 valence electrons. The van der Waals surface area contributed by atoms with Crippen molar-refractivity contribution >= 4 is 29.1 Å². The van der Waals surface area contributed by atoms with Crippen LogP contribution in [0.2, 0.25) is 10.0 Å². The van der Waals surface area contributed by atoms with E-state index in [4.69, 9.17) is 23.2 Å². The van der Waals surface area contributed by atoms with Crippen molar-refractivity contribution in [3.8, 4) is 0 Å². The molecule has 1 atom stereocenters. The summed E-state index contributed by atoms with van der Waals surface area (Å²) in [5.74, 6) is -0.204. The average Bonchev–Trinajstić information content (AvgIpc) is 2.99. The van der Waals surface area contributed by atoms with Gasteiger partial charge in [0.15, 0.2) is 0 Å². The summed E-state index contributed by atoms with van der Waals surface area (Å²) < 4.78 is 0. The number of carbonyl (C=O) groups excluding carboxylic acids is 1. The molecule has 1 aromatic carbocycles. The van der Waals surface area contributed by atoms with Crippen LogP contribution in [0.4, 0.5) is 0 Å². The predicted octanol–water partition coefficient (Wildman–Crippen LogP) is 3.05. The van der Waals surface area contributed by atoms with E-state index in [1.54, 1.807) is 17.0 Å². The Morgan fingerprint density at radius 3 is 2.73 bits per heavy atom. The lowest BCUT2D eigenvalue weighted by molar-refractivity contribution is 0.0728. The first-order valence-corrected chi connectivity index (χ1v) is 7.63. The summed E-state index contributed by atoms with van der Waals surface area (Å²) in [6, 6.07) is 8.08. The number of carbonyl (C=O) groups is 1. The number of likely N-dealkylation sites (tertiary alicyclic amines) is 1. The van der Waals surface area contributed by atoms with Crippen molar-refractivity contribution in [3.63, 3.8) is 0 Å². The van der Waals surface area contributed by atoms with E-state index in [-0.39, 0.29) is 23.2 Å². The molecule has 1 saturated heterocycles. The van der Waals surface area contributed by atoms with E-state index in [9.17, 15) is 9.59 Å². The van der Waals surface area contributed by atoms with Crippen molar-refractivity contribution in [2.24, 2.45) is 0 Å². The van der Waals surface area contributed by atoms with Gasteiger partial charge in [-0.15, -0.1) is 0 Å². The number of H-pyrrole nitrogens is 1. The Kier molecular flexibility index (Phi) is 4.18. The van der Waals surface area contributed by atoms with Gasteiger partial charge in [0.1, 0.15) is 5.69 Å². The molecular formula is C15H13Cl2N3O2. The molecule has 1 aromatic heterocycles. The van der Waals surface area contributed by atoms with Crippen LogP contribution in [0.25, 0.3) is 0 Å². The normalized spacial score (nSPS) is 17.7. The smallest absolute Gasteiger partial charge is 0.274 e. The van der Waals surface area contributed by atoms with Crippen LogP contribution in [-0.2, 0) is 0 Å². The second kappa shape index (κ2) is 6.10. The number of aromatic nitrogens is 2. The van der Waals surface area contributed by atoms with E-state index >= 15 is 0 Å². The molecule has 1 N–H and O–H groups in total. The van der Waals surface area contributed by atoms with Gasteiger partial charge in [-0.1, -0.05) is 29.3 Å². The third-order valence-corrected chi connectivity index (χ3v) is 4.48. The lowest BCUT2D eigenvalue weighted by Gasteiger charge is -2.25. The Morgan fingerprint density at radius 1 is 1.23 bits per heavy atom. The van der Waals surface area contributed by atoms with Crippen LogP contribution in [0.5, 0.6) is 0 Å². The summed E-state index contributed by atoms with van der Waals surface area (Å²) in [5, 5.41) is 7.05. The number of halogens is 2. The molecule has 1 unspecified atom stereocenters. The van der Waals surface area contributed by atoms with Crippen LogP contribution in [0.1, 0.15) is 34.9 Å². The molecule has 1 aliphatic rings. The van der Waals surface area contributed by atoms with Gasteiger partial charge < -0.3 is 4.90 Å². The molecule has 2 aromatic rings. The molecular weight excluding hydrogens is 325 g/mol. The van der Waals surface area contributed by atoms with Gasteiger partial charge in [0, 0.05) is 12.6 Å². The topological polar surface area (TPSA) is 66.1 Å². The largest absolute Gasteiger partial charge is 0.330 e. The standard InChI is InChI=1S/C15H13Cl2N3O2/c16-10-4-3-9(8-11(10)17)13-2-1-7-20(13)15(22)12-5-6-14(21)19-18-12/h3-6,8,13H,1-2,7H2,(H,19,21). The van der Waals surface area contributed by atoms with Crippen molar-refractivity contribution in [1.29, 1.82) is 0 Å². The maximum Gasteiger partial charge on any atom is 0.274 e. The summed E-state index contributed by atoms with van der Waals surface area (Å²) in [4.78, 5) is 25.4. The van der Waals surface area contributed by atoms with Crippen LogP contribution in [0.3, 0.4) is 0 Å². The lowest BCUT2D eigenvalue weighted by atomic mass is 10.0. The number of aromatic amines is 1. The van der Waals surface area contributed by atoms with Gasteiger partial charge in [-0.3, -0.25) is 9.59 Å². The van der Waals surface area contributed by atoms with Crippen molar-refractivity contribution in [3.05, 3.63) is 62.0 Å². The zero-order valence-electron chi connectivity index (χ0n) is 11.6. The molecule has 5 nitrogen and oxygen atoms in total. The van der Waals surface area contributed by atoms with Gasteiger partial charge in [0.05, 0.1) is 16.1 Å². The molecule has 0 saturated carbocycles. The highest BCUT2D eigenvalue weighted by Gasteiger charge is 2.31. The van der Waals surface area contributed by atoms with Crippen LogP contribution < -0.4 is 5.56 Å². The number of amides is 1. The molecule has 7 heteroatoms. The highest BCUT2D eigenvalue weighted by atomic mass is 35.5. The summed E-state index contributed by atoms with van der Waals surface area (Å²) in [6.45, 7) is 0.643. The first kappa shape index (κ1) is 15.1. The van der Waals surface area contributed by atoms with Crippen molar-refractivity contribution < 1.29 is 4.79 Å². The monoisotopic (exact) mass is 337 g/mol. The number of benzene rings is 1. The lowest BCUT2D eigenvalue weighted by Crippen LogP contribution is -2.31. The minimum Gasteiger partial charge on any atom is -0.330 e. The maximum atomic E-state index is 12.6. The Labute approximate surface area is 136 Å². The number of nitrogens with one attached hydrogen (secondary N) is 1. The number of hydrogen-bond acceptors (Lipinski definition) is 3. The highest BCUT2D eigenvalue weighted by molar-refractivity contribution is 6.42. The molecule has 0 bridgehead atoms. The van der Waals surface area contributed by atoms with Crippen LogP contribution in [0.15, 0.2) is 35.1 Å². The number of nitrogens with zero attached hydrogens (tertiary/aromatic N) is 2. The fraction of sp³-hybridized carbons (Fsp3) is 0.267. The molecule has 2 heterocycles. The van der Waals surface area contributed by atoms with Crippen molar-refractivity contribution in [1.82, 2.24) is 15.1 Å². The third kappa shape index (κ3) is 2.87. The van der Waals surface area contributed by atoms with E-state index in [0.717, 1.165) is 18.4 Å². The summed E-state index contributed by atoms with van der Waals surface area (Å²) in [6.07, 6.45) is 1.76. The average molecular weight is 338 g/mol. The quantitative estimate of drug-likeness (QED) is 0.915. The third-order valence-electron chi connectivity index (χ3n) is 3.74. The van der Waals surface area contributed by atoms with Gasteiger partial charge in [0.2, 0.25) is 0 Å². The zero-order valence-corrected chi connectivity index (χ0v) is 13.1. The fourth-order valence-electron chi connectivity index (χ4n) is 2.69. The van der Waals surface area contributed by atoms with Crippen molar-refractivity contribution in [2.45, 2.75) is 18.9 Å². The SMILES string of the molecule is O=C(c1ccc(=O)[nH]n1)N1CCCC1c1ccc(Cl)c(Cl)c1. The number of rotatable bonds is 2. The van der Waals surface area contributed by atoms with Gasteiger partial charge >= 0.3 is 0 Å². The molecule has 1 fully saturated rings. The molecule has 0 radical (unpaired) electrons. The number of hydrogen-bond donors (Lipinski definition) is 1. The van der Waals surface area contributed by atoms with Gasteiger partial charge in [0.25, 0.3) is 11.5 Å². The second-order valence-corrected chi connectivity index (χ2v) is 5.95. The van der Waals surface area contributed by atoms with Gasteiger partial charge in [-0.25, -0.2) is 5.10 Å². The molecule has 1 amide bonds. The summed E-state index contributed by atoms with van der Waals surface area (Å²) in [5.41, 5.74) is 0.843. The fourth-order valence-corrected chi connectivity index (χ4v) is 2.99. The molecule has 3 rings (SSSR count). The predicted molar refractivity (Wildman–Crippen MR) is 84.3 cm³/mol. The summed E-state index contributed by atoms with van der Waals surface area (Å²) >= 11 is 12.0. The Balaban J connectivity index is 1.89. The molecule has 0 spiro atoms. The first-order valence-electron chi connectivity index (χ1n) is 6.88. The van der Waals surface area contributed by atoms with Crippen LogP contribution >= 0.6 is 23.2 Å². The van der Waals surface area contributed by atoms with Crippen LogP contribution in [-0.4, -0.2) is 27.5 Å². The minimum atomic E-state index is -0.334. The minimum absolute atomic E-state index is 0.0593. The van der Waals surface area contributed by atoms with E-state index in [1.807, 2.05) is 6.07 Å². The van der Waals surface area contributed by atoms with E-state index in [0.29, 0.717) is 16.6 Å². The Bertz CT molecular complexity index is 755. The van der Waals surface area contributed by atoms with Crippen LogP contribution in [0, 0.1) is 0 Å². The molecule has 1 aliphatic heterocycles. The molecule has 0 aliphatic carbocycles. The maximum absolute atomic E-state index is 12.6. The first-order chi connectivity index (χ1) is 10.6. The van der Waals surface area contributed by atoms with E-state index < -0.39 is 0 Å². The second-order valence-electron chi connectivity index (χ2n) is 5.14. The Morgan fingerprint density at radius 2 is 2.05 bits per heavy atom. The molecule has 22 heavy (non-hydrogen) atoms. The van der Waals surface area contributed by atoms with Crippen molar-refractivity contribution in [2.75, 3.05) is 6.54 Å². The van der Waals surface area contributed by atoms with Gasteiger partial charge in [-0.05, 0) is 36.6 Å².